The van der Waals surface area contributed by atoms with Crippen LogP contribution in [0.5, 0.6) is 5.75 Å². The average Bonchev–Trinajstić information content (AvgIpc) is 3.72. The molecule has 45 heavy (non-hydrogen) atoms. The molecule has 0 saturated carbocycles. The monoisotopic (exact) mass is 608 g/mol. The molecule has 1 fully saturated rings. The molecule has 1 saturated heterocycles. The third kappa shape index (κ3) is 7.57. The Morgan fingerprint density at radius 2 is 1.53 bits per heavy atom. The molecule has 0 spiro atoms. The maximum Gasteiger partial charge on any atom is 0.248 e. The number of rotatable bonds is 14. The lowest BCUT2D eigenvalue weighted by molar-refractivity contribution is -0.134. The first kappa shape index (κ1) is 31.9. The van der Waals surface area contributed by atoms with Crippen LogP contribution in [0.3, 0.4) is 0 Å². The third-order valence-electron chi connectivity index (χ3n) is 8.82. The van der Waals surface area contributed by atoms with E-state index in [2.05, 4.69) is 10.6 Å². The van der Waals surface area contributed by atoms with Crippen LogP contribution in [0.1, 0.15) is 49.4 Å². The topological polar surface area (TPSA) is 114 Å². The lowest BCUT2D eigenvalue weighted by atomic mass is 9.89. The number of hydrogen-bond acceptors (Lipinski definition) is 6. The number of benzene rings is 3. The molecule has 4 atom stereocenters. The quantitative estimate of drug-likeness (QED) is 0.262. The summed E-state index contributed by atoms with van der Waals surface area (Å²) in [6, 6.07) is 23.0. The molecule has 1 aliphatic carbocycles. The van der Waals surface area contributed by atoms with Crippen molar-refractivity contribution in [1.82, 2.24) is 10.6 Å². The Kier molecular flexibility index (Phi) is 9.63. The molecule has 0 aromatic heterocycles. The predicted octanol–water partition coefficient (Wildman–Crippen LogP) is 4.43. The van der Waals surface area contributed by atoms with E-state index < -0.39 is 29.5 Å². The van der Waals surface area contributed by atoms with Crippen molar-refractivity contribution in [3.63, 3.8) is 0 Å². The van der Waals surface area contributed by atoms with Crippen LogP contribution >= 0.6 is 0 Å². The highest BCUT2D eigenvalue weighted by Crippen LogP contribution is 2.32. The molecular weight excluding hydrogens is 568 g/mol. The fourth-order valence-corrected chi connectivity index (χ4v) is 5.83. The van der Waals surface area contributed by atoms with Gasteiger partial charge in [-0.15, -0.1) is 0 Å². The van der Waals surface area contributed by atoms with Gasteiger partial charge in [0.2, 0.25) is 11.8 Å². The highest BCUT2D eigenvalue weighted by atomic mass is 16.6. The highest BCUT2D eigenvalue weighted by molar-refractivity contribution is 6.05. The number of ether oxygens (including phenoxy) is 2. The first-order chi connectivity index (χ1) is 21.6. The minimum atomic E-state index is -0.931. The minimum Gasteiger partial charge on any atom is -0.497 e. The van der Waals surface area contributed by atoms with Gasteiger partial charge in [-0.05, 0) is 73.6 Å². The number of allylic oxidation sites excluding steroid dienone is 1. The molecule has 1 heterocycles. The van der Waals surface area contributed by atoms with Crippen LogP contribution in [0.25, 0.3) is 5.57 Å². The van der Waals surface area contributed by atoms with E-state index in [0.29, 0.717) is 30.8 Å². The number of ketones is 2. The molecule has 2 aliphatic rings. The first-order valence-corrected chi connectivity index (χ1v) is 15.3. The van der Waals surface area contributed by atoms with Crippen molar-refractivity contribution < 1.29 is 28.7 Å². The van der Waals surface area contributed by atoms with Gasteiger partial charge in [0.05, 0.1) is 25.8 Å². The van der Waals surface area contributed by atoms with Gasteiger partial charge >= 0.3 is 0 Å². The molecule has 2 amide bonds. The van der Waals surface area contributed by atoms with E-state index in [9.17, 15) is 19.2 Å². The minimum absolute atomic E-state index is 0.114. The Morgan fingerprint density at radius 1 is 0.889 bits per heavy atom. The molecule has 8 heteroatoms. The van der Waals surface area contributed by atoms with E-state index in [0.717, 1.165) is 27.8 Å². The van der Waals surface area contributed by atoms with E-state index in [1.165, 1.54) is 0 Å². The SMILES string of the molecule is COc1ccc(C[C@H](CC(=O)[C@@H](C)NC(=O)C2=C(C)c3ccccc3C2)C(=O)N[C@@H](Cc2ccccc2)C(=O)[C@@]2(C)CO2)cc1. The standard InChI is InChI=1S/C37H40N2O6/c1-23-30-13-9-8-12-27(30)20-31(23)36(43)38-24(2)33(40)21-28(18-26-14-16-29(44-4)17-15-26)35(42)39-32(34(41)37(3)22-45-37)19-25-10-6-5-7-11-25/h5-17,24,28,32H,18-22H2,1-4H3,(H,38,43)(H,39,42)/t24-,28-,32+,37-/m1/s1. The zero-order valence-corrected chi connectivity index (χ0v) is 26.2. The number of methoxy groups -OCH3 is 1. The Balaban J connectivity index is 1.31. The Morgan fingerprint density at radius 3 is 2.18 bits per heavy atom. The molecule has 0 bridgehead atoms. The normalized spacial score (nSPS) is 18.8. The number of carbonyl (C=O) groups is 4. The van der Waals surface area contributed by atoms with Crippen molar-refractivity contribution >= 4 is 29.0 Å². The average molecular weight is 609 g/mol. The summed E-state index contributed by atoms with van der Waals surface area (Å²) in [4.78, 5) is 54.1. The first-order valence-electron chi connectivity index (χ1n) is 15.3. The van der Waals surface area contributed by atoms with Crippen molar-refractivity contribution in [2.75, 3.05) is 13.7 Å². The van der Waals surface area contributed by atoms with E-state index in [4.69, 9.17) is 9.47 Å². The number of nitrogens with one attached hydrogen (secondary N) is 2. The molecular formula is C37H40N2O6. The van der Waals surface area contributed by atoms with Gasteiger partial charge in [-0.2, -0.15) is 0 Å². The molecule has 0 unspecified atom stereocenters. The summed E-state index contributed by atoms with van der Waals surface area (Å²) in [7, 11) is 1.58. The fraction of sp³-hybridized carbons (Fsp3) is 0.351. The molecule has 5 rings (SSSR count). The smallest absolute Gasteiger partial charge is 0.248 e. The molecule has 234 valence electrons. The molecule has 0 radical (unpaired) electrons. The zero-order valence-electron chi connectivity index (χ0n) is 26.2. The maximum absolute atomic E-state index is 13.9. The van der Waals surface area contributed by atoms with Crippen LogP contribution in [0, 0.1) is 5.92 Å². The Bertz CT molecular complexity index is 1610. The summed E-state index contributed by atoms with van der Waals surface area (Å²) in [5.41, 5.74) is 4.48. The highest BCUT2D eigenvalue weighted by Gasteiger charge is 2.50. The van der Waals surface area contributed by atoms with Gasteiger partial charge in [-0.3, -0.25) is 19.2 Å². The second-order valence-electron chi connectivity index (χ2n) is 12.2. The van der Waals surface area contributed by atoms with Crippen LogP contribution in [-0.2, 0) is 43.2 Å². The maximum atomic E-state index is 13.9. The summed E-state index contributed by atoms with van der Waals surface area (Å²) < 4.78 is 10.7. The Hall–Kier alpha value is -4.56. The van der Waals surface area contributed by atoms with Gasteiger partial charge in [0, 0.05) is 24.3 Å². The van der Waals surface area contributed by atoms with Gasteiger partial charge in [0.25, 0.3) is 0 Å². The number of carbonyl (C=O) groups excluding carboxylic acids is 4. The van der Waals surface area contributed by atoms with Gasteiger partial charge < -0.3 is 20.1 Å². The van der Waals surface area contributed by atoms with Crippen molar-refractivity contribution in [2.24, 2.45) is 5.92 Å². The van der Waals surface area contributed by atoms with Crippen LogP contribution in [0.2, 0.25) is 0 Å². The van der Waals surface area contributed by atoms with Crippen LogP contribution in [-0.4, -0.2) is 54.8 Å². The molecule has 1 aliphatic heterocycles. The predicted molar refractivity (Wildman–Crippen MR) is 172 cm³/mol. The van der Waals surface area contributed by atoms with E-state index in [1.54, 1.807) is 33.1 Å². The number of fused-ring (bicyclic) bond motifs is 1. The largest absolute Gasteiger partial charge is 0.497 e. The van der Waals surface area contributed by atoms with Crippen molar-refractivity contribution in [3.8, 4) is 5.75 Å². The number of amides is 2. The van der Waals surface area contributed by atoms with Gasteiger partial charge in [0.1, 0.15) is 11.4 Å². The fourth-order valence-electron chi connectivity index (χ4n) is 5.83. The van der Waals surface area contributed by atoms with E-state index in [-0.39, 0.29) is 30.3 Å². The summed E-state index contributed by atoms with van der Waals surface area (Å²) >= 11 is 0. The summed E-state index contributed by atoms with van der Waals surface area (Å²) in [5, 5.41) is 5.82. The van der Waals surface area contributed by atoms with Crippen molar-refractivity contribution in [2.45, 2.75) is 64.1 Å². The van der Waals surface area contributed by atoms with Crippen LogP contribution in [0.4, 0.5) is 0 Å². The zero-order chi connectivity index (χ0) is 32.1. The van der Waals surface area contributed by atoms with Gasteiger partial charge in [-0.1, -0.05) is 66.7 Å². The van der Waals surface area contributed by atoms with E-state index in [1.807, 2.05) is 73.7 Å². The molecule has 2 N–H and O–H groups in total. The molecule has 3 aromatic carbocycles. The molecule has 8 nitrogen and oxygen atoms in total. The van der Waals surface area contributed by atoms with Crippen molar-refractivity contribution in [1.29, 1.82) is 0 Å². The van der Waals surface area contributed by atoms with E-state index >= 15 is 0 Å². The number of Topliss-reactive ketones (excluding diaryl/α,β-unsaturated/α-hetero) is 2. The molecule has 3 aromatic rings. The van der Waals surface area contributed by atoms with Crippen molar-refractivity contribution in [3.05, 3.63) is 107 Å². The van der Waals surface area contributed by atoms with Crippen LogP contribution < -0.4 is 15.4 Å². The summed E-state index contributed by atoms with van der Waals surface area (Å²) in [6.07, 6.45) is 0.965. The van der Waals surface area contributed by atoms with Gasteiger partial charge in [-0.25, -0.2) is 0 Å². The lowest BCUT2D eigenvalue weighted by Gasteiger charge is -2.24. The Labute approximate surface area is 264 Å². The summed E-state index contributed by atoms with van der Waals surface area (Å²) in [5.74, 6) is -1.25. The number of hydrogen-bond donors (Lipinski definition) is 2. The van der Waals surface area contributed by atoms with Gasteiger partial charge in [0.15, 0.2) is 11.6 Å². The third-order valence-corrected chi connectivity index (χ3v) is 8.82. The summed E-state index contributed by atoms with van der Waals surface area (Å²) in [6.45, 7) is 5.59. The lowest BCUT2D eigenvalue weighted by Crippen LogP contribution is -2.50. The van der Waals surface area contributed by atoms with Crippen LogP contribution in [0.15, 0.2) is 84.4 Å². The second kappa shape index (κ2) is 13.6. The number of epoxide rings is 1. The second-order valence-corrected chi connectivity index (χ2v) is 12.2.